The van der Waals surface area contributed by atoms with Gasteiger partial charge in [0.25, 0.3) is 5.69 Å². The van der Waals surface area contributed by atoms with E-state index in [-0.39, 0.29) is 27.4 Å². The summed E-state index contributed by atoms with van der Waals surface area (Å²) in [6, 6.07) is 7.53. The molecule has 1 fully saturated rings. The van der Waals surface area contributed by atoms with Crippen LogP contribution in [0.15, 0.2) is 44.8 Å². The highest BCUT2D eigenvalue weighted by Gasteiger charge is 2.56. The van der Waals surface area contributed by atoms with E-state index in [1.165, 1.54) is 18.2 Å². The standard InChI is InChI=1S/C20H20BrN5O5/c1-10-3-6-15(31-10)16(22)11(2)17(23)25-19(28)20(7-8-20)18(27)24-12-4-5-13(21)14(9-12)26(29)30/h3-6,9H,7-8,22H2,1-2H3,(H,24,27)(H2,23,25,28)/b16-11-. The van der Waals surface area contributed by atoms with Crippen molar-refractivity contribution >= 4 is 50.7 Å². The lowest BCUT2D eigenvalue weighted by atomic mass is 10.0. The Morgan fingerprint density at radius 1 is 1.26 bits per heavy atom. The molecule has 162 valence electrons. The van der Waals surface area contributed by atoms with Crippen molar-refractivity contribution in [1.29, 1.82) is 5.41 Å². The molecule has 0 saturated heterocycles. The summed E-state index contributed by atoms with van der Waals surface area (Å²) in [5, 5.41) is 24.2. The second-order valence-corrected chi connectivity index (χ2v) is 8.09. The van der Waals surface area contributed by atoms with E-state index in [2.05, 4.69) is 26.6 Å². The van der Waals surface area contributed by atoms with Gasteiger partial charge in [-0.25, -0.2) is 0 Å². The van der Waals surface area contributed by atoms with Crippen LogP contribution < -0.4 is 16.4 Å². The number of halogens is 1. The number of nitrogens with zero attached hydrogens (tertiary/aromatic N) is 1. The highest BCUT2D eigenvalue weighted by Crippen LogP contribution is 2.47. The van der Waals surface area contributed by atoms with Gasteiger partial charge in [-0.2, -0.15) is 0 Å². The fraction of sp³-hybridized carbons (Fsp3) is 0.250. The topological polar surface area (TPSA) is 164 Å². The van der Waals surface area contributed by atoms with Crippen molar-refractivity contribution in [1.82, 2.24) is 5.32 Å². The molecule has 1 aliphatic carbocycles. The van der Waals surface area contributed by atoms with E-state index in [1.54, 1.807) is 26.0 Å². The number of nitro groups is 1. The second-order valence-electron chi connectivity index (χ2n) is 7.24. The molecule has 0 spiro atoms. The van der Waals surface area contributed by atoms with Gasteiger partial charge in [-0.3, -0.25) is 25.1 Å². The van der Waals surface area contributed by atoms with Gasteiger partial charge in [0, 0.05) is 17.3 Å². The molecule has 0 radical (unpaired) electrons. The number of nitro benzene ring substituents is 1. The normalized spacial score (nSPS) is 14.9. The van der Waals surface area contributed by atoms with E-state index in [0.717, 1.165) is 0 Å². The molecule has 3 rings (SSSR count). The summed E-state index contributed by atoms with van der Waals surface area (Å²) in [4.78, 5) is 36.0. The van der Waals surface area contributed by atoms with Crippen molar-refractivity contribution in [2.24, 2.45) is 11.1 Å². The lowest BCUT2D eigenvalue weighted by molar-refractivity contribution is -0.385. The van der Waals surface area contributed by atoms with Crippen LogP contribution in [0.4, 0.5) is 11.4 Å². The van der Waals surface area contributed by atoms with Crippen molar-refractivity contribution in [2.75, 3.05) is 5.32 Å². The highest BCUT2D eigenvalue weighted by atomic mass is 79.9. The molecule has 10 nitrogen and oxygen atoms in total. The quantitative estimate of drug-likeness (QED) is 0.159. The second kappa shape index (κ2) is 8.34. The summed E-state index contributed by atoms with van der Waals surface area (Å²) in [6.45, 7) is 3.32. The smallest absolute Gasteiger partial charge is 0.285 e. The van der Waals surface area contributed by atoms with Crippen LogP contribution in [0.3, 0.4) is 0 Å². The minimum atomic E-state index is -1.34. The molecule has 0 atom stereocenters. The number of anilines is 1. The number of rotatable bonds is 6. The molecular formula is C20H20BrN5O5. The zero-order valence-electron chi connectivity index (χ0n) is 16.7. The number of benzene rings is 1. The van der Waals surface area contributed by atoms with E-state index >= 15 is 0 Å². The Kier molecular flexibility index (Phi) is 5.98. The van der Waals surface area contributed by atoms with Crippen LogP contribution in [-0.4, -0.2) is 22.6 Å². The van der Waals surface area contributed by atoms with Crippen molar-refractivity contribution in [2.45, 2.75) is 26.7 Å². The van der Waals surface area contributed by atoms with Gasteiger partial charge in [-0.05, 0) is 66.9 Å². The zero-order chi connectivity index (χ0) is 22.9. The summed E-state index contributed by atoms with van der Waals surface area (Å²) in [7, 11) is 0. The Hall–Kier alpha value is -3.47. The van der Waals surface area contributed by atoms with Crippen LogP contribution in [0.25, 0.3) is 5.70 Å². The predicted molar refractivity (Wildman–Crippen MR) is 117 cm³/mol. The van der Waals surface area contributed by atoms with E-state index < -0.39 is 22.2 Å². The highest BCUT2D eigenvalue weighted by molar-refractivity contribution is 9.10. The van der Waals surface area contributed by atoms with Gasteiger partial charge >= 0.3 is 0 Å². The molecular weight excluding hydrogens is 470 g/mol. The molecule has 11 heteroatoms. The number of nitrogens with two attached hydrogens (primary N) is 1. The molecule has 31 heavy (non-hydrogen) atoms. The minimum Gasteiger partial charge on any atom is -0.460 e. The summed E-state index contributed by atoms with van der Waals surface area (Å²) < 4.78 is 5.71. The fourth-order valence-corrected chi connectivity index (χ4v) is 3.28. The van der Waals surface area contributed by atoms with Gasteiger partial charge in [0.05, 0.1) is 15.1 Å². The molecule has 0 bridgehead atoms. The van der Waals surface area contributed by atoms with Crippen LogP contribution in [0.5, 0.6) is 0 Å². The molecule has 1 heterocycles. The number of amides is 2. The summed E-state index contributed by atoms with van der Waals surface area (Å²) in [6.07, 6.45) is 0.596. The molecule has 0 aliphatic heterocycles. The zero-order valence-corrected chi connectivity index (χ0v) is 18.3. The van der Waals surface area contributed by atoms with Crippen LogP contribution in [0, 0.1) is 27.9 Å². The van der Waals surface area contributed by atoms with Crippen LogP contribution in [0.1, 0.15) is 31.3 Å². The van der Waals surface area contributed by atoms with Gasteiger partial charge in [-0.15, -0.1) is 0 Å². The maximum Gasteiger partial charge on any atom is 0.285 e. The monoisotopic (exact) mass is 489 g/mol. The average Bonchev–Trinajstić information content (AvgIpc) is 3.43. The van der Waals surface area contributed by atoms with Crippen molar-refractivity contribution < 1.29 is 18.9 Å². The first-order valence-electron chi connectivity index (χ1n) is 9.24. The third-order valence-electron chi connectivity index (χ3n) is 5.04. The first-order chi connectivity index (χ1) is 14.5. The Labute approximate surface area is 185 Å². The Morgan fingerprint density at radius 3 is 2.48 bits per heavy atom. The van der Waals surface area contributed by atoms with Crippen LogP contribution in [0.2, 0.25) is 0 Å². The van der Waals surface area contributed by atoms with Gasteiger partial charge in [-0.1, -0.05) is 0 Å². The molecule has 1 aliphatic rings. The molecule has 5 N–H and O–H groups in total. The van der Waals surface area contributed by atoms with Crippen LogP contribution >= 0.6 is 15.9 Å². The summed E-state index contributed by atoms with van der Waals surface area (Å²) in [5.41, 5.74) is 5.16. The molecule has 1 aromatic carbocycles. The lowest BCUT2D eigenvalue weighted by Gasteiger charge is -2.16. The third kappa shape index (κ3) is 4.50. The van der Waals surface area contributed by atoms with E-state index in [9.17, 15) is 19.7 Å². The molecule has 1 saturated carbocycles. The number of carbonyl (C=O) groups excluding carboxylic acids is 2. The minimum absolute atomic E-state index is 0.197. The number of furan rings is 1. The molecule has 1 aromatic heterocycles. The SMILES string of the molecule is C/C(C(=N)NC(=O)C1(C(=O)Nc2ccc(Br)c([N+](=O)[O-])c2)CC1)=C(/N)c1ccc(C)o1. The number of hydrogen-bond donors (Lipinski definition) is 4. The number of amidine groups is 1. The first-order valence-corrected chi connectivity index (χ1v) is 10.0. The molecule has 2 aromatic rings. The van der Waals surface area contributed by atoms with Crippen molar-refractivity contribution in [3.05, 3.63) is 62.0 Å². The Balaban J connectivity index is 1.71. The van der Waals surface area contributed by atoms with Gasteiger partial charge in [0.2, 0.25) is 11.8 Å². The fourth-order valence-electron chi connectivity index (χ4n) is 2.89. The van der Waals surface area contributed by atoms with Crippen molar-refractivity contribution in [3.8, 4) is 0 Å². The van der Waals surface area contributed by atoms with Gasteiger partial charge < -0.3 is 20.8 Å². The predicted octanol–water partition coefficient (Wildman–Crippen LogP) is 3.46. The maximum absolute atomic E-state index is 12.8. The van der Waals surface area contributed by atoms with E-state index in [0.29, 0.717) is 29.9 Å². The largest absolute Gasteiger partial charge is 0.460 e. The summed E-state index contributed by atoms with van der Waals surface area (Å²) >= 11 is 3.08. The number of aryl methyl sites for hydroxylation is 1. The third-order valence-corrected chi connectivity index (χ3v) is 5.71. The number of nitrogens with one attached hydrogen (secondary N) is 3. The first kappa shape index (κ1) is 22.2. The molecule has 0 unspecified atom stereocenters. The Morgan fingerprint density at radius 2 is 1.94 bits per heavy atom. The van der Waals surface area contributed by atoms with Crippen molar-refractivity contribution in [3.63, 3.8) is 0 Å². The number of hydrogen-bond acceptors (Lipinski definition) is 7. The van der Waals surface area contributed by atoms with E-state index in [1.807, 2.05) is 0 Å². The summed E-state index contributed by atoms with van der Waals surface area (Å²) in [5.74, 6) is -0.433. The maximum atomic E-state index is 12.8. The Bertz CT molecular complexity index is 1130. The van der Waals surface area contributed by atoms with Crippen LogP contribution in [-0.2, 0) is 9.59 Å². The lowest BCUT2D eigenvalue weighted by Crippen LogP contribution is -2.43. The van der Waals surface area contributed by atoms with E-state index in [4.69, 9.17) is 15.6 Å². The van der Waals surface area contributed by atoms with Gasteiger partial charge in [0.1, 0.15) is 22.8 Å². The van der Waals surface area contributed by atoms with Gasteiger partial charge in [0.15, 0.2) is 0 Å². The number of carbonyl (C=O) groups is 2. The average molecular weight is 490 g/mol. The molecule has 2 amide bonds.